The third-order valence-corrected chi connectivity index (χ3v) is 4.63. The summed E-state index contributed by atoms with van der Waals surface area (Å²) in [6, 6.07) is 14.1. The van der Waals surface area contributed by atoms with Gasteiger partial charge in [0.1, 0.15) is 5.82 Å². The molecule has 1 aliphatic heterocycles. The molecular weight excluding hydrogens is 343 g/mol. The number of carbonyl (C=O) groups is 1. The van der Waals surface area contributed by atoms with E-state index in [-0.39, 0.29) is 23.9 Å². The smallest absolute Gasteiger partial charge is 0.244 e. The van der Waals surface area contributed by atoms with E-state index in [0.717, 1.165) is 36.5 Å². The molecule has 1 N–H and O–H groups in total. The molecule has 2 atom stereocenters. The maximum atomic E-state index is 12.9. The van der Waals surface area contributed by atoms with Crippen LogP contribution in [0.2, 0.25) is 0 Å². The maximum absolute atomic E-state index is 12.9. The Hall–Kier alpha value is -2.66. The number of hydrogen-bond donors (Lipinski definition) is 1. The van der Waals surface area contributed by atoms with Gasteiger partial charge >= 0.3 is 0 Å². The van der Waals surface area contributed by atoms with E-state index in [1.807, 2.05) is 19.1 Å². The molecule has 0 aliphatic carbocycles. The minimum Gasteiger partial charge on any atom is -0.375 e. The van der Waals surface area contributed by atoms with Crippen LogP contribution in [0.15, 0.2) is 54.6 Å². The van der Waals surface area contributed by atoms with Crippen LogP contribution in [0, 0.1) is 5.82 Å². The van der Waals surface area contributed by atoms with Gasteiger partial charge in [-0.15, -0.1) is 0 Å². The molecule has 5 heteroatoms. The van der Waals surface area contributed by atoms with Crippen LogP contribution in [-0.4, -0.2) is 31.7 Å². The van der Waals surface area contributed by atoms with Gasteiger partial charge in [-0.05, 0) is 55.3 Å². The Morgan fingerprint density at radius 1 is 1.30 bits per heavy atom. The second-order valence-corrected chi connectivity index (χ2v) is 6.84. The molecule has 0 bridgehead atoms. The van der Waals surface area contributed by atoms with E-state index in [2.05, 4.69) is 29.3 Å². The summed E-state index contributed by atoms with van der Waals surface area (Å²) in [5.74, 6) is -0.475. The standard InChI is InChI=1S/C22H25FN2O2/c1-16-15-25(12-13-27-16)21-5-3-4-19(14-21)17(2)24-22(26)11-8-18-6-9-20(23)10-7-18/h3-11,14,16-17H,12-13,15H2,1-2H3,(H,24,26)/t16?,17-/m0/s1. The zero-order valence-corrected chi connectivity index (χ0v) is 15.7. The Bertz CT molecular complexity index is 804. The summed E-state index contributed by atoms with van der Waals surface area (Å²) >= 11 is 0. The summed E-state index contributed by atoms with van der Waals surface area (Å²) in [6.45, 7) is 6.50. The topological polar surface area (TPSA) is 41.6 Å². The molecule has 2 aromatic carbocycles. The molecule has 0 aromatic heterocycles. The third-order valence-electron chi connectivity index (χ3n) is 4.63. The molecule has 2 aromatic rings. The summed E-state index contributed by atoms with van der Waals surface area (Å²) in [6.07, 6.45) is 3.36. The van der Waals surface area contributed by atoms with Crippen molar-refractivity contribution in [3.8, 4) is 0 Å². The molecule has 1 saturated heterocycles. The Morgan fingerprint density at radius 2 is 2.07 bits per heavy atom. The van der Waals surface area contributed by atoms with Crippen molar-refractivity contribution in [3.05, 3.63) is 71.6 Å². The van der Waals surface area contributed by atoms with Crippen LogP contribution in [0.3, 0.4) is 0 Å². The first kappa shape index (κ1) is 19.1. The maximum Gasteiger partial charge on any atom is 0.244 e. The molecule has 0 radical (unpaired) electrons. The number of nitrogens with one attached hydrogen (secondary N) is 1. The summed E-state index contributed by atoms with van der Waals surface area (Å²) in [5.41, 5.74) is 2.98. The van der Waals surface area contributed by atoms with E-state index in [1.54, 1.807) is 18.2 Å². The van der Waals surface area contributed by atoms with Gasteiger partial charge in [0.05, 0.1) is 18.8 Å². The van der Waals surface area contributed by atoms with Gasteiger partial charge in [0.2, 0.25) is 5.91 Å². The molecule has 1 unspecified atom stereocenters. The third kappa shape index (κ3) is 5.41. The van der Waals surface area contributed by atoms with E-state index in [0.29, 0.717) is 0 Å². The molecule has 4 nitrogen and oxygen atoms in total. The first-order chi connectivity index (χ1) is 13.0. The fourth-order valence-electron chi connectivity index (χ4n) is 3.13. The Balaban J connectivity index is 1.61. The quantitative estimate of drug-likeness (QED) is 0.813. The molecule has 1 amide bonds. The Morgan fingerprint density at radius 3 is 2.81 bits per heavy atom. The van der Waals surface area contributed by atoms with Gasteiger partial charge in [-0.25, -0.2) is 4.39 Å². The highest BCUT2D eigenvalue weighted by molar-refractivity contribution is 5.92. The van der Waals surface area contributed by atoms with Crippen molar-refractivity contribution in [2.75, 3.05) is 24.6 Å². The average Bonchev–Trinajstić information content (AvgIpc) is 2.67. The van der Waals surface area contributed by atoms with Gasteiger partial charge in [0.25, 0.3) is 0 Å². The van der Waals surface area contributed by atoms with E-state index in [9.17, 15) is 9.18 Å². The van der Waals surface area contributed by atoms with Crippen LogP contribution in [0.25, 0.3) is 6.08 Å². The molecule has 3 rings (SSSR count). The molecule has 0 spiro atoms. The number of ether oxygens (including phenoxy) is 1. The van der Waals surface area contributed by atoms with E-state index in [1.165, 1.54) is 18.2 Å². The number of hydrogen-bond acceptors (Lipinski definition) is 3. The van der Waals surface area contributed by atoms with Crippen molar-refractivity contribution >= 4 is 17.7 Å². The van der Waals surface area contributed by atoms with Crippen molar-refractivity contribution in [3.63, 3.8) is 0 Å². The monoisotopic (exact) mass is 368 g/mol. The Kier molecular flexibility index (Phi) is 6.24. The van der Waals surface area contributed by atoms with Crippen molar-refractivity contribution in [1.29, 1.82) is 0 Å². The molecular formula is C22H25FN2O2. The van der Waals surface area contributed by atoms with Crippen molar-refractivity contribution < 1.29 is 13.9 Å². The van der Waals surface area contributed by atoms with Crippen LogP contribution in [0.4, 0.5) is 10.1 Å². The fraction of sp³-hybridized carbons (Fsp3) is 0.318. The van der Waals surface area contributed by atoms with Gasteiger partial charge in [0.15, 0.2) is 0 Å². The average molecular weight is 368 g/mol. The molecule has 142 valence electrons. The van der Waals surface area contributed by atoms with Gasteiger partial charge in [-0.3, -0.25) is 4.79 Å². The van der Waals surface area contributed by atoms with Crippen LogP contribution in [0.1, 0.15) is 31.0 Å². The first-order valence-electron chi connectivity index (χ1n) is 9.22. The second kappa shape index (κ2) is 8.82. The highest BCUT2D eigenvalue weighted by Gasteiger charge is 2.18. The highest BCUT2D eigenvalue weighted by atomic mass is 19.1. The number of anilines is 1. The second-order valence-electron chi connectivity index (χ2n) is 6.84. The van der Waals surface area contributed by atoms with Gasteiger partial charge in [-0.2, -0.15) is 0 Å². The van der Waals surface area contributed by atoms with Gasteiger partial charge < -0.3 is 15.0 Å². The van der Waals surface area contributed by atoms with E-state index >= 15 is 0 Å². The van der Waals surface area contributed by atoms with Crippen molar-refractivity contribution in [2.24, 2.45) is 0 Å². The molecule has 0 saturated carbocycles. The number of halogens is 1. The summed E-state index contributed by atoms with van der Waals surface area (Å²) in [5, 5.41) is 2.97. The predicted molar refractivity (Wildman–Crippen MR) is 106 cm³/mol. The number of rotatable bonds is 5. The van der Waals surface area contributed by atoms with Crippen LogP contribution in [-0.2, 0) is 9.53 Å². The van der Waals surface area contributed by atoms with Crippen LogP contribution < -0.4 is 10.2 Å². The Labute approximate surface area is 159 Å². The fourth-order valence-corrected chi connectivity index (χ4v) is 3.13. The SMILES string of the molecule is CC1CN(c2cccc([C@H](C)NC(=O)C=Cc3ccc(F)cc3)c2)CCO1. The molecule has 1 heterocycles. The summed E-state index contributed by atoms with van der Waals surface area (Å²) in [7, 11) is 0. The predicted octanol–water partition coefficient (Wildman–Crippen LogP) is 3.94. The molecule has 27 heavy (non-hydrogen) atoms. The molecule has 1 fully saturated rings. The van der Waals surface area contributed by atoms with Crippen LogP contribution >= 0.6 is 0 Å². The minimum absolute atomic E-state index is 0.117. The van der Waals surface area contributed by atoms with Gasteiger partial charge in [-0.1, -0.05) is 24.3 Å². The van der Waals surface area contributed by atoms with Gasteiger partial charge in [0, 0.05) is 24.9 Å². The number of carbonyl (C=O) groups excluding carboxylic acids is 1. The largest absolute Gasteiger partial charge is 0.375 e. The zero-order chi connectivity index (χ0) is 19.2. The first-order valence-corrected chi connectivity index (χ1v) is 9.22. The number of amides is 1. The lowest BCUT2D eigenvalue weighted by molar-refractivity contribution is -0.117. The lowest BCUT2D eigenvalue weighted by Crippen LogP contribution is -2.41. The van der Waals surface area contributed by atoms with Crippen LogP contribution in [0.5, 0.6) is 0 Å². The minimum atomic E-state index is -0.292. The highest BCUT2D eigenvalue weighted by Crippen LogP contribution is 2.22. The lowest BCUT2D eigenvalue weighted by atomic mass is 10.1. The number of morpholine rings is 1. The summed E-state index contributed by atoms with van der Waals surface area (Å²) in [4.78, 5) is 14.5. The number of benzene rings is 2. The zero-order valence-electron chi connectivity index (χ0n) is 15.7. The lowest BCUT2D eigenvalue weighted by Gasteiger charge is -2.33. The summed E-state index contributed by atoms with van der Waals surface area (Å²) < 4.78 is 18.5. The normalized spacial score (nSPS) is 18.5. The van der Waals surface area contributed by atoms with E-state index in [4.69, 9.17) is 4.74 Å². The number of nitrogens with zero attached hydrogens (tertiary/aromatic N) is 1. The van der Waals surface area contributed by atoms with E-state index < -0.39 is 0 Å². The molecule has 1 aliphatic rings. The van der Waals surface area contributed by atoms with Crippen molar-refractivity contribution in [2.45, 2.75) is 26.0 Å². The van der Waals surface area contributed by atoms with Crippen molar-refractivity contribution in [1.82, 2.24) is 5.32 Å².